The Bertz CT molecular complexity index is 1540. The van der Waals surface area contributed by atoms with Crippen molar-refractivity contribution >= 4 is 10.9 Å². The lowest BCUT2D eigenvalue weighted by Gasteiger charge is -2.21. The second-order valence-corrected chi connectivity index (χ2v) is 10.2. The number of para-hydroxylation sites is 3. The van der Waals surface area contributed by atoms with Crippen LogP contribution >= 0.6 is 0 Å². The Hall–Kier alpha value is -3.91. The molecular weight excluding hydrogens is 414 g/mol. The van der Waals surface area contributed by atoms with E-state index >= 15 is 0 Å². The quantitative estimate of drug-likeness (QED) is 0.267. The minimum atomic E-state index is 0.170. The Balaban J connectivity index is 1.62. The molecule has 0 atom stereocenters. The molecule has 1 aliphatic heterocycles. The van der Waals surface area contributed by atoms with E-state index in [2.05, 4.69) is 112 Å². The van der Waals surface area contributed by atoms with E-state index < -0.39 is 0 Å². The number of aromatic nitrogens is 1. The van der Waals surface area contributed by atoms with Crippen molar-refractivity contribution in [2.45, 2.75) is 27.2 Å². The van der Waals surface area contributed by atoms with Crippen molar-refractivity contribution in [3.05, 3.63) is 103 Å². The van der Waals surface area contributed by atoms with E-state index in [1.54, 1.807) is 0 Å². The van der Waals surface area contributed by atoms with Gasteiger partial charge in [-0.3, -0.25) is 0 Å². The number of ether oxygens (including phenoxy) is 1. The fourth-order valence-electron chi connectivity index (χ4n) is 5.00. The van der Waals surface area contributed by atoms with E-state index in [0.29, 0.717) is 0 Å². The molecule has 1 aliphatic rings. The summed E-state index contributed by atoms with van der Waals surface area (Å²) in [5, 5.41) is 1.22. The first-order chi connectivity index (χ1) is 16.5. The van der Waals surface area contributed by atoms with Gasteiger partial charge < -0.3 is 4.74 Å². The van der Waals surface area contributed by atoms with Crippen LogP contribution in [0, 0.1) is 5.41 Å². The van der Waals surface area contributed by atoms with E-state index in [0.717, 1.165) is 45.8 Å². The molecule has 166 valence electrons. The number of fused-ring (bicyclic) bond motifs is 6. The summed E-state index contributed by atoms with van der Waals surface area (Å²) >= 11 is 0. The van der Waals surface area contributed by atoms with Crippen molar-refractivity contribution in [1.29, 1.82) is 0 Å². The topological polar surface area (TPSA) is 22.1 Å². The van der Waals surface area contributed by atoms with Gasteiger partial charge in [0.2, 0.25) is 0 Å². The molecule has 0 N–H and O–H groups in total. The molecule has 0 aliphatic carbocycles. The van der Waals surface area contributed by atoms with Crippen molar-refractivity contribution < 1.29 is 4.74 Å². The van der Waals surface area contributed by atoms with Crippen molar-refractivity contribution in [1.82, 2.24) is 4.98 Å². The van der Waals surface area contributed by atoms with Gasteiger partial charge in [0.05, 0.1) is 11.2 Å². The van der Waals surface area contributed by atoms with E-state index in [1.165, 1.54) is 22.1 Å². The lowest BCUT2D eigenvalue weighted by molar-refractivity contribution is 0.412. The maximum atomic E-state index is 6.68. The summed E-state index contributed by atoms with van der Waals surface area (Å²) < 4.78 is 6.68. The first-order valence-corrected chi connectivity index (χ1v) is 11.9. The van der Waals surface area contributed by atoms with E-state index in [4.69, 9.17) is 9.72 Å². The molecule has 0 saturated carbocycles. The van der Waals surface area contributed by atoms with Crippen LogP contribution in [0.1, 0.15) is 26.3 Å². The number of hydrogen-bond acceptors (Lipinski definition) is 2. The summed E-state index contributed by atoms with van der Waals surface area (Å²) in [5.41, 5.74) is 9.05. The zero-order valence-electron chi connectivity index (χ0n) is 19.8. The van der Waals surface area contributed by atoms with E-state index in [1.807, 2.05) is 6.07 Å². The third kappa shape index (κ3) is 3.56. The summed E-state index contributed by atoms with van der Waals surface area (Å²) in [6.45, 7) is 6.86. The molecular formula is C32H27NO. The fourth-order valence-corrected chi connectivity index (χ4v) is 5.00. The van der Waals surface area contributed by atoms with Gasteiger partial charge in [-0.05, 0) is 52.8 Å². The van der Waals surface area contributed by atoms with Crippen LogP contribution < -0.4 is 4.74 Å². The first-order valence-electron chi connectivity index (χ1n) is 11.9. The van der Waals surface area contributed by atoms with Gasteiger partial charge in [0.1, 0.15) is 11.5 Å². The molecule has 0 unspecified atom stereocenters. The smallest absolute Gasteiger partial charge is 0.144 e. The van der Waals surface area contributed by atoms with Gasteiger partial charge in [-0.2, -0.15) is 0 Å². The van der Waals surface area contributed by atoms with Crippen LogP contribution in [0.5, 0.6) is 11.5 Å². The summed E-state index contributed by atoms with van der Waals surface area (Å²) in [7, 11) is 0. The summed E-state index contributed by atoms with van der Waals surface area (Å²) in [4.78, 5) is 5.11. The molecule has 0 amide bonds. The molecule has 4 aromatic carbocycles. The monoisotopic (exact) mass is 441 g/mol. The lowest BCUT2D eigenvalue weighted by atomic mass is 9.86. The molecule has 0 saturated heterocycles. The highest BCUT2D eigenvalue weighted by molar-refractivity contribution is 5.94. The van der Waals surface area contributed by atoms with Gasteiger partial charge in [0.25, 0.3) is 0 Å². The number of hydrogen-bond donors (Lipinski definition) is 0. The van der Waals surface area contributed by atoms with Crippen LogP contribution in [0.15, 0.2) is 97.1 Å². The Morgan fingerprint density at radius 1 is 0.647 bits per heavy atom. The highest BCUT2D eigenvalue weighted by Gasteiger charge is 2.24. The Kier molecular flexibility index (Phi) is 4.77. The summed E-state index contributed by atoms with van der Waals surface area (Å²) in [6.07, 6.45) is 0.977. The number of pyridine rings is 1. The maximum absolute atomic E-state index is 6.68. The summed E-state index contributed by atoms with van der Waals surface area (Å²) in [5.74, 6) is 1.74. The molecule has 2 heteroatoms. The third-order valence-electron chi connectivity index (χ3n) is 6.42. The molecule has 0 bridgehead atoms. The average molecular weight is 442 g/mol. The van der Waals surface area contributed by atoms with Crippen molar-refractivity contribution in [2.75, 3.05) is 0 Å². The molecule has 1 aromatic heterocycles. The van der Waals surface area contributed by atoms with Gasteiger partial charge in [0, 0.05) is 22.1 Å². The summed E-state index contributed by atoms with van der Waals surface area (Å²) in [6, 6.07) is 33.9. The van der Waals surface area contributed by atoms with Gasteiger partial charge in [0.15, 0.2) is 0 Å². The number of nitrogens with zero attached hydrogens (tertiary/aromatic N) is 1. The highest BCUT2D eigenvalue weighted by atomic mass is 16.5. The van der Waals surface area contributed by atoms with Crippen LogP contribution in [0.4, 0.5) is 0 Å². The normalized spacial score (nSPS) is 12.3. The van der Waals surface area contributed by atoms with Crippen LogP contribution in [-0.2, 0) is 6.42 Å². The fraction of sp³-hybridized carbons (Fsp3) is 0.156. The molecule has 0 radical (unpaired) electrons. The molecule has 5 aromatic rings. The molecule has 6 rings (SSSR count). The Morgan fingerprint density at radius 3 is 2.06 bits per heavy atom. The van der Waals surface area contributed by atoms with Gasteiger partial charge >= 0.3 is 0 Å². The lowest BCUT2D eigenvalue weighted by Crippen LogP contribution is -2.10. The van der Waals surface area contributed by atoms with Crippen molar-refractivity contribution in [3.63, 3.8) is 0 Å². The van der Waals surface area contributed by atoms with E-state index in [-0.39, 0.29) is 5.41 Å². The first kappa shape index (κ1) is 20.7. The molecule has 2 nitrogen and oxygen atoms in total. The van der Waals surface area contributed by atoms with Gasteiger partial charge in [-0.25, -0.2) is 4.98 Å². The Labute approximate surface area is 200 Å². The van der Waals surface area contributed by atoms with E-state index in [9.17, 15) is 0 Å². The molecule has 0 fully saturated rings. The predicted octanol–water partition coefficient (Wildman–Crippen LogP) is 8.93. The van der Waals surface area contributed by atoms with Crippen LogP contribution in [-0.4, -0.2) is 4.98 Å². The minimum Gasteiger partial charge on any atom is -0.455 e. The predicted molar refractivity (Wildman–Crippen MR) is 141 cm³/mol. The number of benzene rings is 4. The zero-order valence-corrected chi connectivity index (χ0v) is 19.8. The van der Waals surface area contributed by atoms with Gasteiger partial charge in [-0.15, -0.1) is 0 Å². The molecule has 0 spiro atoms. The molecule has 34 heavy (non-hydrogen) atoms. The number of rotatable bonds is 2. The Morgan fingerprint density at radius 2 is 1.26 bits per heavy atom. The highest BCUT2D eigenvalue weighted by Crippen LogP contribution is 2.49. The second-order valence-electron chi connectivity index (χ2n) is 10.2. The standard InChI is InChI=1S/C32H27NO/c1-32(2,3)20-21-19-29(33-28-17-8-6-11-22(21)28)27-16-10-15-26-24-13-5-4-12-23(24)25-14-7-9-18-30(25)34-31(26)27/h4-19H,20H2,1-3H3. The van der Waals surface area contributed by atoms with Gasteiger partial charge in [-0.1, -0.05) is 93.6 Å². The maximum Gasteiger partial charge on any atom is 0.144 e. The minimum absolute atomic E-state index is 0.170. The average Bonchev–Trinajstić information content (AvgIpc) is 2.98. The molecule has 2 heterocycles. The zero-order chi connectivity index (χ0) is 23.3. The largest absolute Gasteiger partial charge is 0.455 e. The van der Waals surface area contributed by atoms with Crippen LogP contribution in [0.25, 0.3) is 44.4 Å². The van der Waals surface area contributed by atoms with Crippen LogP contribution in [0.2, 0.25) is 0 Å². The third-order valence-corrected chi connectivity index (χ3v) is 6.42. The second kappa shape index (κ2) is 7.85. The van der Waals surface area contributed by atoms with Crippen molar-refractivity contribution in [2.24, 2.45) is 5.41 Å². The van der Waals surface area contributed by atoms with Crippen LogP contribution in [0.3, 0.4) is 0 Å². The van der Waals surface area contributed by atoms with Crippen molar-refractivity contribution in [3.8, 4) is 45.0 Å². The SMILES string of the molecule is CC(C)(C)Cc1cc(-c2cccc3c2Oc2ccccc2-c2ccccc2-3)nc2ccccc12.